The Morgan fingerprint density at radius 3 is 2.84 bits per heavy atom. The molecule has 2 aromatic rings. The number of aryl methyl sites for hydroxylation is 1. The van der Waals surface area contributed by atoms with E-state index in [1.54, 1.807) is 7.11 Å². The summed E-state index contributed by atoms with van der Waals surface area (Å²) in [4.78, 5) is 19.4. The number of benzene rings is 1. The summed E-state index contributed by atoms with van der Waals surface area (Å²) >= 11 is 0. The second-order valence-electron chi connectivity index (χ2n) is 6.53. The summed E-state index contributed by atoms with van der Waals surface area (Å²) in [5.74, 6) is 1.87. The Hall–Kier alpha value is -2.34. The van der Waals surface area contributed by atoms with Crippen LogP contribution in [0.15, 0.2) is 24.3 Å². The van der Waals surface area contributed by atoms with E-state index in [0.717, 1.165) is 35.9 Å². The van der Waals surface area contributed by atoms with E-state index in [-0.39, 0.29) is 11.9 Å². The van der Waals surface area contributed by atoms with Crippen LogP contribution in [0.2, 0.25) is 0 Å². The van der Waals surface area contributed by atoms with Gasteiger partial charge in [0.15, 0.2) is 0 Å². The van der Waals surface area contributed by atoms with Gasteiger partial charge in [0.2, 0.25) is 5.91 Å². The van der Waals surface area contributed by atoms with Gasteiger partial charge in [-0.05, 0) is 26.8 Å². The molecule has 2 heterocycles. The lowest BCUT2D eigenvalue weighted by atomic mass is 10.2. The summed E-state index contributed by atoms with van der Waals surface area (Å²) in [6, 6.07) is 7.54. The average Bonchev–Trinajstić information content (AvgIpc) is 2.92. The number of hydrogen-bond acceptors (Lipinski definition) is 4. The molecule has 0 bridgehead atoms. The first kappa shape index (κ1) is 17.5. The molecule has 134 valence electrons. The number of imidazole rings is 1. The van der Waals surface area contributed by atoms with Gasteiger partial charge in [0.05, 0.1) is 25.4 Å². The molecule has 3 rings (SSSR count). The van der Waals surface area contributed by atoms with Crippen LogP contribution < -0.4 is 10.1 Å². The van der Waals surface area contributed by atoms with Crippen LogP contribution in [0.1, 0.15) is 29.7 Å². The number of methoxy groups -OCH3 is 1. The molecule has 6 nitrogen and oxygen atoms in total. The first-order chi connectivity index (χ1) is 12.0. The summed E-state index contributed by atoms with van der Waals surface area (Å²) in [6.45, 7) is 9.00. The largest absolute Gasteiger partial charge is 0.496 e. The minimum Gasteiger partial charge on any atom is -0.496 e. The predicted octanol–water partition coefficient (Wildman–Crippen LogP) is 2.03. The Morgan fingerprint density at radius 1 is 1.32 bits per heavy atom. The smallest absolute Gasteiger partial charge is 0.237 e. The number of rotatable bonds is 5. The van der Waals surface area contributed by atoms with E-state index in [0.29, 0.717) is 13.1 Å². The lowest BCUT2D eigenvalue weighted by Crippen LogP contribution is -2.48. The summed E-state index contributed by atoms with van der Waals surface area (Å²) in [7, 11) is 1.64. The van der Waals surface area contributed by atoms with Crippen molar-refractivity contribution in [3.63, 3.8) is 0 Å². The van der Waals surface area contributed by atoms with Crippen LogP contribution in [-0.4, -0.2) is 40.1 Å². The zero-order chi connectivity index (χ0) is 18.0. The molecule has 1 aromatic heterocycles. The molecule has 0 aliphatic carbocycles. The lowest BCUT2D eigenvalue weighted by Gasteiger charge is -2.32. The Kier molecular flexibility index (Phi) is 5.08. The third-order valence-electron chi connectivity index (χ3n) is 5.06. The van der Waals surface area contributed by atoms with Gasteiger partial charge in [-0.25, -0.2) is 4.98 Å². The molecule has 1 aliphatic rings. The monoisotopic (exact) mass is 342 g/mol. The maximum absolute atomic E-state index is 12.6. The number of amides is 1. The van der Waals surface area contributed by atoms with Gasteiger partial charge in [-0.2, -0.15) is 0 Å². The van der Waals surface area contributed by atoms with Gasteiger partial charge in [-0.15, -0.1) is 0 Å². The van der Waals surface area contributed by atoms with Crippen LogP contribution in [-0.2, 0) is 24.4 Å². The van der Waals surface area contributed by atoms with Crippen molar-refractivity contribution in [1.29, 1.82) is 0 Å². The number of hydrogen-bond donors (Lipinski definition) is 1. The molecule has 1 N–H and O–H groups in total. The average molecular weight is 342 g/mol. The molecule has 0 fully saturated rings. The van der Waals surface area contributed by atoms with Gasteiger partial charge in [-0.1, -0.05) is 18.2 Å². The first-order valence-electron chi connectivity index (χ1n) is 8.67. The van der Waals surface area contributed by atoms with Crippen LogP contribution in [0.4, 0.5) is 0 Å². The molecule has 0 radical (unpaired) electrons. The van der Waals surface area contributed by atoms with Crippen LogP contribution in [0.3, 0.4) is 0 Å². The highest BCUT2D eigenvalue weighted by molar-refractivity contribution is 5.81. The second-order valence-corrected chi connectivity index (χ2v) is 6.53. The van der Waals surface area contributed by atoms with Gasteiger partial charge < -0.3 is 14.6 Å². The third kappa shape index (κ3) is 3.54. The number of carbonyl (C=O) groups excluding carboxylic acids is 1. The zero-order valence-corrected chi connectivity index (χ0v) is 15.4. The van der Waals surface area contributed by atoms with Gasteiger partial charge in [0.25, 0.3) is 0 Å². The molecule has 6 heteroatoms. The number of ether oxygens (including phenoxy) is 1. The summed E-state index contributed by atoms with van der Waals surface area (Å²) in [5, 5.41) is 3.02. The number of nitrogens with one attached hydrogen (secondary N) is 1. The highest BCUT2D eigenvalue weighted by Gasteiger charge is 2.27. The number of carbonyl (C=O) groups is 1. The fourth-order valence-corrected chi connectivity index (χ4v) is 3.31. The molecule has 1 atom stereocenters. The summed E-state index contributed by atoms with van der Waals surface area (Å²) < 4.78 is 7.59. The van der Waals surface area contributed by atoms with E-state index in [4.69, 9.17) is 4.74 Å². The van der Waals surface area contributed by atoms with Crippen molar-refractivity contribution in [2.24, 2.45) is 0 Å². The molecule has 1 aliphatic heterocycles. The normalized spacial score (nSPS) is 15.5. The molecule has 1 amide bonds. The van der Waals surface area contributed by atoms with E-state index in [1.165, 1.54) is 5.69 Å². The van der Waals surface area contributed by atoms with E-state index >= 15 is 0 Å². The van der Waals surface area contributed by atoms with Gasteiger partial charge in [0.1, 0.15) is 11.6 Å². The molecule has 25 heavy (non-hydrogen) atoms. The number of aromatic nitrogens is 2. The number of nitrogens with zero attached hydrogens (tertiary/aromatic N) is 3. The third-order valence-corrected chi connectivity index (χ3v) is 5.06. The lowest BCUT2D eigenvalue weighted by molar-refractivity contribution is -0.126. The predicted molar refractivity (Wildman–Crippen MR) is 96.4 cm³/mol. The van der Waals surface area contributed by atoms with Crippen molar-refractivity contribution in [1.82, 2.24) is 19.8 Å². The molecule has 1 aromatic carbocycles. The second kappa shape index (κ2) is 7.27. The van der Waals surface area contributed by atoms with Crippen molar-refractivity contribution in [2.45, 2.75) is 46.4 Å². The van der Waals surface area contributed by atoms with Crippen molar-refractivity contribution < 1.29 is 9.53 Å². The van der Waals surface area contributed by atoms with Crippen molar-refractivity contribution in [3.05, 3.63) is 47.0 Å². The van der Waals surface area contributed by atoms with E-state index in [9.17, 15) is 4.79 Å². The van der Waals surface area contributed by atoms with Crippen LogP contribution in [0, 0.1) is 13.8 Å². The van der Waals surface area contributed by atoms with Gasteiger partial charge in [-0.3, -0.25) is 9.69 Å². The Morgan fingerprint density at radius 2 is 2.08 bits per heavy atom. The van der Waals surface area contributed by atoms with Crippen molar-refractivity contribution >= 4 is 5.91 Å². The molecule has 0 spiro atoms. The van der Waals surface area contributed by atoms with Crippen LogP contribution >= 0.6 is 0 Å². The number of para-hydroxylation sites is 1. The quantitative estimate of drug-likeness (QED) is 0.903. The maximum Gasteiger partial charge on any atom is 0.237 e. The minimum atomic E-state index is -0.194. The van der Waals surface area contributed by atoms with E-state index in [1.807, 2.05) is 38.1 Å². The Labute approximate surface area is 148 Å². The highest BCUT2D eigenvalue weighted by atomic mass is 16.5. The molecule has 0 saturated carbocycles. The standard InChI is InChI=1S/C19H26N4O2/c1-13-14(2)23-10-9-22(12-18(23)21-13)15(3)19(24)20-11-16-7-5-6-8-17(16)25-4/h5-8,15H,9-12H2,1-4H3,(H,20,24)/t15-/m1/s1. The van der Waals surface area contributed by atoms with Crippen molar-refractivity contribution in [3.8, 4) is 5.75 Å². The van der Waals surface area contributed by atoms with Crippen LogP contribution in [0.5, 0.6) is 5.75 Å². The minimum absolute atomic E-state index is 0.0272. The molecular formula is C19H26N4O2. The maximum atomic E-state index is 12.6. The fourth-order valence-electron chi connectivity index (χ4n) is 3.31. The SMILES string of the molecule is COc1ccccc1CNC(=O)[C@@H](C)N1CCn2c(nc(C)c2C)C1. The van der Waals surface area contributed by atoms with Crippen molar-refractivity contribution in [2.75, 3.05) is 13.7 Å². The first-order valence-corrected chi connectivity index (χ1v) is 8.67. The highest BCUT2D eigenvalue weighted by Crippen LogP contribution is 2.19. The van der Waals surface area contributed by atoms with E-state index in [2.05, 4.69) is 26.7 Å². The summed E-state index contributed by atoms with van der Waals surface area (Å²) in [5.41, 5.74) is 3.28. The number of fused-ring (bicyclic) bond motifs is 1. The Bertz CT molecular complexity index is 769. The van der Waals surface area contributed by atoms with Gasteiger partial charge in [0, 0.05) is 30.9 Å². The summed E-state index contributed by atoms with van der Waals surface area (Å²) in [6.07, 6.45) is 0. The topological polar surface area (TPSA) is 59.4 Å². The molecule has 0 unspecified atom stereocenters. The van der Waals surface area contributed by atoms with Gasteiger partial charge >= 0.3 is 0 Å². The van der Waals surface area contributed by atoms with E-state index < -0.39 is 0 Å². The molecule has 0 saturated heterocycles. The fraction of sp³-hybridized carbons (Fsp3) is 0.474. The molecular weight excluding hydrogens is 316 g/mol. The van der Waals surface area contributed by atoms with Crippen LogP contribution in [0.25, 0.3) is 0 Å². The zero-order valence-electron chi connectivity index (χ0n) is 15.4. The Balaban J connectivity index is 1.61.